The van der Waals surface area contributed by atoms with E-state index < -0.39 is 0 Å². The Hall–Kier alpha value is -3.13. The number of anilines is 1. The SMILES string of the molecule is CO/C(=C\C=C\c1cc2cc(Cl)c(Cl)cc2[nH]1)C(=O)NCCCN1CCN(c2ccc(OC)cc2)CC1. The number of aromatic amines is 1. The fourth-order valence-corrected chi connectivity index (χ4v) is 4.66. The van der Waals surface area contributed by atoms with Crippen LogP contribution in [0.15, 0.2) is 60.4 Å². The van der Waals surface area contributed by atoms with Gasteiger partial charge in [0, 0.05) is 55.0 Å². The van der Waals surface area contributed by atoms with Crippen LogP contribution < -0.4 is 15.0 Å². The Labute approximate surface area is 227 Å². The monoisotopic (exact) mass is 542 g/mol. The Morgan fingerprint density at radius 1 is 1.05 bits per heavy atom. The molecule has 2 N–H and O–H groups in total. The molecular weight excluding hydrogens is 511 g/mol. The van der Waals surface area contributed by atoms with Gasteiger partial charge in [-0.1, -0.05) is 29.3 Å². The second kappa shape index (κ2) is 12.9. The summed E-state index contributed by atoms with van der Waals surface area (Å²) < 4.78 is 10.5. The van der Waals surface area contributed by atoms with Crippen molar-refractivity contribution in [2.45, 2.75) is 6.42 Å². The highest BCUT2D eigenvalue weighted by atomic mass is 35.5. The number of nitrogens with zero attached hydrogens (tertiary/aromatic N) is 2. The molecule has 1 amide bonds. The van der Waals surface area contributed by atoms with E-state index in [1.54, 1.807) is 25.3 Å². The van der Waals surface area contributed by atoms with Gasteiger partial charge >= 0.3 is 0 Å². The lowest BCUT2D eigenvalue weighted by Gasteiger charge is -2.36. The van der Waals surface area contributed by atoms with E-state index in [0.29, 0.717) is 16.6 Å². The van der Waals surface area contributed by atoms with Crippen LogP contribution in [-0.2, 0) is 9.53 Å². The first kappa shape index (κ1) is 26.9. The molecule has 1 saturated heterocycles. The Bertz CT molecular complexity index is 1220. The number of H-pyrrole nitrogens is 1. The summed E-state index contributed by atoms with van der Waals surface area (Å²) >= 11 is 12.2. The highest BCUT2D eigenvalue weighted by Crippen LogP contribution is 2.28. The number of methoxy groups -OCH3 is 2. The summed E-state index contributed by atoms with van der Waals surface area (Å²) in [4.78, 5) is 20.6. The maximum atomic E-state index is 12.5. The highest BCUT2D eigenvalue weighted by Gasteiger charge is 2.17. The van der Waals surface area contributed by atoms with Gasteiger partial charge in [0.1, 0.15) is 5.75 Å². The number of nitrogens with one attached hydrogen (secondary N) is 2. The zero-order chi connectivity index (χ0) is 26.2. The molecule has 0 atom stereocenters. The van der Waals surface area contributed by atoms with Crippen LogP contribution >= 0.6 is 23.2 Å². The predicted molar refractivity (Wildman–Crippen MR) is 152 cm³/mol. The minimum absolute atomic E-state index is 0.230. The summed E-state index contributed by atoms with van der Waals surface area (Å²) in [6, 6.07) is 13.8. The minimum Gasteiger partial charge on any atom is -0.497 e. The molecule has 0 bridgehead atoms. The fourth-order valence-electron chi connectivity index (χ4n) is 4.33. The molecule has 0 aliphatic carbocycles. The number of carbonyl (C=O) groups is 1. The summed E-state index contributed by atoms with van der Waals surface area (Å²) in [6.45, 7) is 5.50. The van der Waals surface area contributed by atoms with E-state index in [0.717, 1.165) is 61.5 Å². The fraction of sp³-hybridized carbons (Fsp3) is 0.321. The van der Waals surface area contributed by atoms with Crippen molar-refractivity contribution in [3.63, 3.8) is 0 Å². The lowest BCUT2D eigenvalue weighted by Crippen LogP contribution is -2.47. The molecule has 1 aliphatic rings. The molecule has 0 spiro atoms. The Kier molecular flexibility index (Phi) is 9.39. The van der Waals surface area contributed by atoms with Crippen LogP contribution in [0.4, 0.5) is 5.69 Å². The summed E-state index contributed by atoms with van der Waals surface area (Å²) in [5, 5.41) is 4.92. The van der Waals surface area contributed by atoms with E-state index in [4.69, 9.17) is 32.7 Å². The number of piperazine rings is 1. The number of aromatic nitrogens is 1. The Morgan fingerprint density at radius 3 is 2.49 bits per heavy atom. The number of benzene rings is 2. The summed E-state index contributed by atoms with van der Waals surface area (Å²) in [5.41, 5.74) is 2.98. The van der Waals surface area contributed by atoms with E-state index in [1.807, 2.05) is 30.3 Å². The van der Waals surface area contributed by atoms with Crippen LogP contribution in [0.2, 0.25) is 10.0 Å². The molecule has 196 valence electrons. The van der Waals surface area contributed by atoms with E-state index in [2.05, 4.69) is 32.2 Å². The molecule has 3 aromatic rings. The quantitative estimate of drug-likeness (QED) is 0.156. The first-order valence-electron chi connectivity index (χ1n) is 12.3. The number of ether oxygens (including phenoxy) is 2. The maximum Gasteiger partial charge on any atom is 0.286 e. The maximum absolute atomic E-state index is 12.5. The van der Waals surface area contributed by atoms with Crippen LogP contribution in [-0.4, -0.2) is 69.3 Å². The number of allylic oxidation sites excluding steroid dienone is 2. The molecule has 37 heavy (non-hydrogen) atoms. The molecule has 1 aliphatic heterocycles. The number of amides is 1. The van der Waals surface area contributed by atoms with Crippen LogP contribution in [0.1, 0.15) is 12.1 Å². The van der Waals surface area contributed by atoms with Crippen molar-refractivity contribution in [3.05, 3.63) is 76.1 Å². The van der Waals surface area contributed by atoms with Gasteiger partial charge in [-0.2, -0.15) is 0 Å². The number of hydrogen-bond donors (Lipinski definition) is 2. The second-order valence-electron chi connectivity index (χ2n) is 8.81. The number of carbonyl (C=O) groups excluding carboxylic acids is 1. The first-order chi connectivity index (χ1) is 18.0. The topological polar surface area (TPSA) is 69.8 Å². The zero-order valence-corrected chi connectivity index (χ0v) is 22.6. The van der Waals surface area contributed by atoms with Crippen molar-refractivity contribution in [2.75, 3.05) is 58.4 Å². The Morgan fingerprint density at radius 2 is 1.78 bits per heavy atom. The third-order valence-corrected chi connectivity index (χ3v) is 7.12. The van der Waals surface area contributed by atoms with Gasteiger partial charge in [-0.25, -0.2) is 0 Å². The lowest BCUT2D eigenvalue weighted by molar-refractivity contribution is -0.120. The molecule has 0 saturated carbocycles. The molecular formula is C28H32Cl2N4O3. The number of halogens is 2. The number of fused-ring (bicyclic) bond motifs is 1. The first-order valence-corrected chi connectivity index (χ1v) is 13.0. The van der Waals surface area contributed by atoms with Crippen molar-refractivity contribution < 1.29 is 14.3 Å². The molecule has 7 nitrogen and oxygen atoms in total. The van der Waals surface area contributed by atoms with Gasteiger partial charge in [0.2, 0.25) is 0 Å². The van der Waals surface area contributed by atoms with E-state index in [1.165, 1.54) is 12.8 Å². The molecule has 2 aromatic carbocycles. The van der Waals surface area contributed by atoms with Crippen LogP contribution in [0.5, 0.6) is 5.75 Å². The van der Waals surface area contributed by atoms with Crippen molar-refractivity contribution >= 4 is 51.8 Å². The lowest BCUT2D eigenvalue weighted by atomic mass is 10.2. The molecule has 1 aromatic heterocycles. The predicted octanol–water partition coefficient (Wildman–Crippen LogP) is 5.36. The molecule has 0 unspecified atom stereocenters. The van der Waals surface area contributed by atoms with Crippen LogP contribution in [0, 0.1) is 0 Å². The largest absolute Gasteiger partial charge is 0.497 e. The van der Waals surface area contributed by atoms with E-state index in [-0.39, 0.29) is 11.7 Å². The molecule has 2 heterocycles. The van der Waals surface area contributed by atoms with Crippen molar-refractivity contribution in [1.82, 2.24) is 15.2 Å². The van der Waals surface area contributed by atoms with Gasteiger partial charge in [0.15, 0.2) is 5.76 Å². The molecule has 4 rings (SSSR count). The average molecular weight is 543 g/mol. The normalized spacial score (nSPS) is 14.9. The smallest absolute Gasteiger partial charge is 0.286 e. The highest BCUT2D eigenvalue weighted by molar-refractivity contribution is 6.42. The second-order valence-corrected chi connectivity index (χ2v) is 9.62. The summed E-state index contributed by atoms with van der Waals surface area (Å²) in [7, 11) is 3.18. The van der Waals surface area contributed by atoms with Gasteiger partial charge < -0.3 is 24.7 Å². The van der Waals surface area contributed by atoms with Crippen molar-refractivity contribution in [3.8, 4) is 5.75 Å². The van der Waals surface area contributed by atoms with Gasteiger partial charge in [-0.3, -0.25) is 9.69 Å². The van der Waals surface area contributed by atoms with Crippen molar-refractivity contribution in [1.29, 1.82) is 0 Å². The molecule has 1 fully saturated rings. The van der Waals surface area contributed by atoms with Crippen molar-refractivity contribution in [2.24, 2.45) is 0 Å². The zero-order valence-electron chi connectivity index (χ0n) is 21.1. The third kappa shape index (κ3) is 7.22. The van der Waals surface area contributed by atoms with E-state index >= 15 is 0 Å². The van der Waals surface area contributed by atoms with Gasteiger partial charge in [-0.15, -0.1) is 0 Å². The summed E-state index contributed by atoms with van der Waals surface area (Å²) in [6.07, 6.45) is 6.16. The van der Waals surface area contributed by atoms with E-state index in [9.17, 15) is 4.79 Å². The van der Waals surface area contributed by atoms with Gasteiger partial charge in [-0.05, 0) is 67.6 Å². The Balaban J connectivity index is 1.19. The molecule has 9 heteroatoms. The minimum atomic E-state index is -0.230. The van der Waals surface area contributed by atoms with Crippen LogP contribution in [0.25, 0.3) is 17.0 Å². The van der Waals surface area contributed by atoms with Crippen LogP contribution in [0.3, 0.4) is 0 Å². The number of hydrogen-bond acceptors (Lipinski definition) is 5. The number of rotatable bonds is 10. The van der Waals surface area contributed by atoms with Gasteiger partial charge in [0.05, 0.1) is 24.3 Å². The van der Waals surface area contributed by atoms with Gasteiger partial charge in [0.25, 0.3) is 5.91 Å². The summed E-state index contributed by atoms with van der Waals surface area (Å²) in [5.74, 6) is 0.899. The average Bonchev–Trinajstić information content (AvgIpc) is 3.30. The third-order valence-electron chi connectivity index (χ3n) is 6.40. The molecule has 0 radical (unpaired) electrons. The standard InChI is InChI=1S/C28H32Cl2N4O3/c1-36-23-9-7-22(8-10-23)34-15-13-33(14-16-34)12-4-11-31-28(35)27(37-2)6-3-5-21-17-20-18-24(29)25(30)19-26(20)32-21/h3,5-10,17-19,32H,4,11-16H2,1-2H3,(H,31,35)/b5-3+,27-6-.